The highest BCUT2D eigenvalue weighted by Gasteiger charge is 2.30. The van der Waals surface area contributed by atoms with Crippen molar-refractivity contribution in [2.75, 3.05) is 46.9 Å². The highest BCUT2D eigenvalue weighted by molar-refractivity contribution is 7.86. The summed E-state index contributed by atoms with van der Waals surface area (Å²) < 4.78 is 32.0. The average Bonchev–Trinajstić information content (AvgIpc) is 2.54. The first-order valence-corrected chi connectivity index (χ1v) is 8.92. The van der Waals surface area contributed by atoms with Crippen molar-refractivity contribution in [3.8, 4) is 5.75 Å². The molecule has 1 aliphatic heterocycles. The van der Waals surface area contributed by atoms with Gasteiger partial charge in [-0.15, -0.1) is 0 Å². The Morgan fingerprint density at radius 3 is 2.26 bits per heavy atom. The summed E-state index contributed by atoms with van der Waals surface area (Å²) >= 11 is 5.78. The molecule has 0 aromatic heterocycles. The van der Waals surface area contributed by atoms with Crippen LogP contribution in [0.4, 0.5) is 0 Å². The van der Waals surface area contributed by atoms with E-state index >= 15 is 0 Å². The highest BCUT2D eigenvalue weighted by atomic mass is 35.5. The molecule has 1 aliphatic rings. The van der Waals surface area contributed by atoms with Crippen LogP contribution < -0.4 is 4.74 Å². The van der Waals surface area contributed by atoms with Crippen LogP contribution in [0.3, 0.4) is 0 Å². The van der Waals surface area contributed by atoms with Crippen molar-refractivity contribution in [1.82, 2.24) is 13.5 Å². The third-order valence-electron chi connectivity index (χ3n) is 3.56. The Morgan fingerprint density at radius 2 is 1.74 bits per heavy atom. The van der Waals surface area contributed by atoms with Gasteiger partial charge in [0.15, 0.2) is 6.61 Å². The number of nitrogens with zero attached hydrogens (tertiary/aromatic N) is 3. The number of hydrogen-bond acceptors (Lipinski definition) is 4. The van der Waals surface area contributed by atoms with Crippen molar-refractivity contribution in [2.24, 2.45) is 0 Å². The smallest absolute Gasteiger partial charge is 0.281 e. The summed E-state index contributed by atoms with van der Waals surface area (Å²) in [6, 6.07) is 6.76. The second-order valence-corrected chi connectivity index (χ2v) is 7.89. The van der Waals surface area contributed by atoms with Crippen molar-refractivity contribution >= 4 is 27.7 Å². The van der Waals surface area contributed by atoms with E-state index in [1.165, 1.54) is 22.7 Å². The molecule has 7 nitrogen and oxygen atoms in total. The molecule has 0 bridgehead atoms. The first-order valence-electron chi connectivity index (χ1n) is 7.14. The Bertz CT molecular complexity index is 640. The predicted octanol–water partition coefficient (Wildman–Crippen LogP) is 0.669. The maximum atomic E-state index is 12.1. The number of carbonyl (C=O) groups is 1. The number of hydrogen-bond donors (Lipinski definition) is 0. The Labute approximate surface area is 141 Å². The highest BCUT2D eigenvalue weighted by Crippen LogP contribution is 2.16. The molecule has 0 saturated carbocycles. The summed E-state index contributed by atoms with van der Waals surface area (Å²) in [5, 5.41) is 0.599. The topological polar surface area (TPSA) is 70.2 Å². The minimum atomic E-state index is -3.42. The molecular weight excluding hydrogens is 342 g/mol. The summed E-state index contributed by atoms with van der Waals surface area (Å²) in [7, 11) is -0.438. The van der Waals surface area contributed by atoms with Gasteiger partial charge in [0.25, 0.3) is 16.1 Å². The standard InChI is InChI=1S/C14H20ClN3O4S/c1-16(2)23(20,21)18-9-7-17(8-10-18)14(19)11-22-13-5-3-12(15)4-6-13/h3-6H,7-11H2,1-2H3. The quantitative estimate of drug-likeness (QED) is 0.773. The number of carbonyl (C=O) groups excluding carboxylic acids is 1. The number of rotatable bonds is 5. The van der Waals surface area contributed by atoms with Crippen LogP contribution in [0.15, 0.2) is 24.3 Å². The van der Waals surface area contributed by atoms with E-state index in [1.54, 1.807) is 29.2 Å². The zero-order valence-electron chi connectivity index (χ0n) is 13.1. The van der Waals surface area contributed by atoms with Crippen LogP contribution in [0.2, 0.25) is 5.02 Å². The summed E-state index contributed by atoms with van der Waals surface area (Å²) in [6.45, 7) is 1.20. The summed E-state index contributed by atoms with van der Waals surface area (Å²) in [5.41, 5.74) is 0. The van der Waals surface area contributed by atoms with Crippen LogP contribution in [0.25, 0.3) is 0 Å². The van der Waals surface area contributed by atoms with Crippen molar-refractivity contribution < 1.29 is 17.9 Å². The van der Waals surface area contributed by atoms with Gasteiger partial charge in [0.1, 0.15) is 5.75 Å². The Morgan fingerprint density at radius 1 is 1.17 bits per heavy atom. The van der Waals surface area contributed by atoms with Crippen LogP contribution in [0, 0.1) is 0 Å². The number of halogens is 1. The number of piperazine rings is 1. The zero-order valence-corrected chi connectivity index (χ0v) is 14.7. The Hall–Kier alpha value is -1.35. The molecule has 1 fully saturated rings. The molecule has 0 spiro atoms. The molecule has 9 heteroatoms. The summed E-state index contributed by atoms with van der Waals surface area (Å²) in [4.78, 5) is 13.7. The fourth-order valence-corrected chi connectivity index (χ4v) is 3.38. The largest absolute Gasteiger partial charge is 0.484 e. The first-order chi connectivity index (χ1) is 10.8. The average molecular weight is 362 g/mol. The van der Waals surface area contributed by atoms with E-state index in [2.05, 4.69) is 0 Å². The first kappa shape index (κ1) is 18.0. The maximum absolute atomic E-state index is 12.1. The lowest BCUT2D eigenvalue weighted by atomic mass is 10.3. The van der Waals surface area contributed by atoms with Gasteiger partial charge in [0.2, 0.25) is 0 Å². The van der Waals surface area contributed by atoms with E-state index in [9.17, 15) is 13.2 Å². The normalized spacial score (nSPS) is 16.6. The van der Waals surface area contributed by atoms with Crippen molar-refractivity contribution in [3.63, 3.8) is 0 Å². The van der Waals surface area contributed by atoms with Crippen LogP contribution in [0.5, 0.6) is 5.75 Å². The minimum Gasteiger partial charge on any atom is -0.484 e. The van der Waals surface area contributed by atoms with E-state index in [4.69, 9.17) is 16.3 Å². The van der Waals surface area contributed by atoms with Crippen LogP contribution in [-0.2, 0) is 15.0 Å². The van der Waals surface area contributed by atoms with Gasteiger partial charge in [-0.3, -0.25) is 4.79 Å². The lowest BCUT2D eigenvalue weighted by Crippen LogP contribution is -2.53. The van der Waals surface area contributed by atoms with E-state index in [0.29, 0.717) is 23.9 Å². The van der Waals surface area contributed by atoms with Gasteiger partial charge < -0.3 is 9.64 Å². The zero-order chi connectivity index (χ0) is 17.0. The minimum absolute atomic E-state index is 0.0813. The van der Waals surface area contributed by atoms with Gasteiger partial charge in [-0.05, 0) is 24.3 Å². The van der Waals surface area contributed by atoms with Gasteiger partial charge in [0.05, 0.1) is 0 Å². The molecule has 0 unspecified atom stereocenters. The molecule has 1 saturated heterocycles. The second-order valence-electron chi connectivity index (χ2n) is 5.31. The molecule has 0 N–H and O–H groups in total. The molecule has 128 valence electrons. The van der Waals surface area contributed by atoms with Gasteiger partial charge in [-0.2, -0.15) is 17.0 Å². The molecule has 1 heterocycles. The SMILES string of the molecule is CN(C)S(=O)(=O)N1CCN(C(=O)COc2ccc(Cl)cc2)CC1. The molecule has 0 atom stereocenters. The molecule has 1 amide bonds. The van der Waals surface area contributed by atoms with Crippen LogP contribution >= 0.6 is 11.6 Å². The lowest BCUT2D eigenvalue weighted by molar-refractivity contribution is -0.134. The van der Waals surface area contributed by atoms with Gasteiger partial charge >= 0.3 is 0 Å². The molecule has 2 rings (SSSR count). The van der Waals surface area contributed by atoms with Crippen molar-refractivity contribution in [2.45, 2.75) is 0 Å². The Kier molecular flexibility index (Phi) is 5.85. The van der Waals surface area contributed by atoms with E-state index in [0.717, 1.165) is 0 Å². The number of benzene rings is 1. The number of amides is 1. The second kappa shape index (κ2) is 7.48. The number of ether oxygens (including phenoxy) is 1. The van der Waals surface area contributed by atoms with E-state index in [1.807, 2.05) is 0 Å². The maximum Gasteiger partial charge on any atom is 0.281 e. The third kappa shape index (κ3) is 4.57. The fourth-order valence-electron chi connectivity index (χ4n) is 2.17. The van der Waals surface area contributed by atoms with E-state index < -0.39 is 10.2 Å². The molecule has 1 aromatic rings. The summed E-state index contributed by atoms with van der Waals surface area (Å²) in [6.07, 6.45) is 0. The lowest BCUT2D eigenvalue weighted by Gasteiger charge is -2.35. The molecule has 0 radical (unpaired) electrons. The monoisotopic (exact) mass is 361 g/mol. The summed E-state index contributed by atoms with van der Waals surface area (Å²) in [5.74, 6) is 0.401. The molecular formula is C14H20ClN3O4S. The van der Waals surface area contributed by atoms with Gasteiger partial charge in [0, 0.05) is 45.3 Å². The predicted molar refractivity (Wildman–Crippen MR) is 87.7 cm³/mol. The van der Waals surface area contributed by atoms with Crippen LogP contribution in [0.1, 0.15) is 0 Å². The van der Waals surface area contributed by atoms with Crippen molar-refractivity contribution in [1.29, 1.82) is 0 Å². The molecule has 0 aliphatic carbocycles. The Balaban J connectivity index is 1.83. The van der Waals surface area contributed by atoms with Crippen molar-refractivity contribution in [3.05, 3.63) is 29.3 Å². The molecule has 23 heavy (non-hydrogen) atoms. The van der Waals surface area contributed by atoms with Gasteiger partial charge in [-0.1, -0.05) is 11.6 Å². The van der Waals surface area contributed by atoms with E-state index in [-0.39, 0.29) is 25.6 Å². The van der Waals surface area contributed by atoms with Gasteiger partial charge in [-0.25, -0.2) is 0 Å². The third-order valence-corrected chi connectivity index (χ3v) is 5.75. The fraction of sp³-hybridized carbons (Fsp3) is 0.500. The van der Waals surface area contributed by atoms with Crippen LogP contribution in [-0.4, -0.2) is 74.7 Å². The molecule has 1 aromatic carbocycles.